The van der Waals surface area contributed by atoms with E-state index in [1.54, 1.807) is 18.2 Å². The van der Waals surface area contributed by atoms with Gasteiger partial charge in [0.25, 0.3) is 0 Å². The Hall–Kier alpha value is -3.25. The van der Waals surface area contributed by atoms with Gasteiger partial charge in [0.2, 0.25) is 5.91 Å². The van der Waals surface area contributed by atoms with Gasteiger partial charge in [0.05, 0.1) is 6.04 Å². The average Bonchev–Trinajstić information content (AvgIpc) is 3.33. The summed E-state index contributed by atoms with van der Waals surface area (Å²) in [6, 6.07) is 25.9. The van der Waals surface area contributed by atoms with Crippen LogP contribution in [0.1, 0.15) is 35.6 Å². The van der Waals surface area contributed by atoms with Gasteiger partial charge in [-0.15, -0.1) is 0 Å². The Balaban J connectivity index is 1.46. The fourth-order valence-electron chi connectivity index (χ4n) is 4.09. The third kappa shape index (κ3) is 5.14. The number of benzene rings is 3. The number of thiocarbonyl (C=S) groups is 1. The second-order valence-corrected chi connectivity index (χ2v) is 8.25. The summed E-state index contributed by atoms with van der Waals surface area (Å²) >= 11 is 5.57. The van der Waals surface area contributed by atoms with E-state index < -0.39 is 0 Å². The van der Waals surface area contributed by atoms with E-state index in [1.165, 1.54) is 6.07 Å². The van der Waals surface area contributed by atoms with Crippen molar-refractivity contribution in [3.63, 3.8) is 0 Å². The molecular weight excluding hydrogens is 421 g/mol. The number of rotatable bonds is 6. The average molecular weight is 448 g/mol. The maximum absolute atomic E-state index is 13.9. The molecule has 164 valence electrons. The summed E-state index contributed by atoms with van der Waals surface area (Å²) in [7, 11) is 0. The highest BCUT2D eigenvalue weighted by molar-refractivity contribution is 7.80. The molecule has 0 aliphatic carbocycles. The number of nitrogens with zero attached hydrogens (tertiary/aromatic N) is 1. The van der Waals surface area contributed by atoms with E-state index in [0.717, 1.165) is 24.0 Å². The third-order valence-corrected chi connectivity index (χ3v) is 6.14. The second-order valence-electron chi connectivity index (χ2n) is 7.86. The van der Waals surface area contributed by atoms with Gasteiger partial charge in [0.15, 0.2) is 5.11 Å². The lowest BCUT2D eigenvalue weighted by Gasteiger charge is -2.29. The van der Waals surface area contributed by atoms with E-state index in [0.29, 0.717) is 17.2 Å². The molecule has 1 saturated heterocycles. The predicted molar refractivity (Wildman–Crippen MR) is 128 cm³/mol. The third-order valence-electron chi connectivity index (χ3n) is 5.76. The van der Waals surface area contributed by atoms with Crippen molar-refractivity contribution in [3.8, 4) is 0 Å². The van der Waals surface area contributed by atoms with Gasteiger partial charge >= 0.3 is 0 Å². The lowest BCUT2D eigenvalue weighted by atomic mass is 9.98. The Labute approximate surface area is 193 Å². The first-order valence-electron chi connectivity index (χ1n) is 10.8. The Morgan fingerprint density at radius 1 is 0.969 bits per heavy atom. The van der Waals surface area contributed by atoms with Gasteiger partial charge < -0.3 is 15.5 Å². The molecule has 4 rings (SSSR count). The van der Waals surface area contributed by atoms with Crippen molar-refractivity contribution in [2.45, 2.75) is 31.5 Å². The quantitative estimate of drug-likeness (QED) is 0.544. The van der Waals surface area contributed by atoms with Gasteiger partial charge in [0, 0.05) is 18.7 Å². The van der Waals surface area contributed by atoms with Gasteiger partial charge in [0.1, 0.15) is 11.9 Å². The van der Waals surface area contributed by atoms with Crippen molar-refractivity contribution in [1.29, 1.82) is 0 Å². The SMILES string of the molecule is O=C(NC(c1ccccc1)c1ccccc1)[C@@H]1CCCN1C(=S)NCc1ccccc1F. The molecule has 3 aromatic carbocycles. The number of halogens is 1. The van der Waals surface area contributed by atoms with Crippen molar-refractivity contribution in [2.75, 3.05) is 6.54 Å². The van der Waals surface area contributed by atoms with Crippen LogP contribution in [0.5, 0.6) is 0 Å². The molecule has 3 aromatic rings. The van der Waals surface area contributed by atoms with Gasteiger partial charge in [-0.3, -0.25) is 4.79 Å². The molecule has 1 fully saturated rings. The van der Waals surface area contributed by atoms with Gasteiger partial charge in [-0.1, -0.05) is 78.9 Å². The van der Waals surface area contributed by atoms with E-state index in [2.05, 4.69) is 10.6 Å². The summed E-state index contributed by atoms with van der Waals surface area (Å²) in [6.07, 6.45) is 1.60. The van der Waals surface area contributed by atoms with E-state index >= 15 is 0 Å². The van der Waals surface area contributed by atoms with Gasteiger partial charge in [-0.25, -0.2) is 4.39 Å². The molecule has 32 heavy (non-hydrogen) atoms. The van der Waals surface area contributed by atoms with Crippen LogP contribution in [-0.2, 0) is 11.3 Å². The van der Waals surface area contributed by atoms with Crippen LogP contribution in [0, 0.1) is 5.82 Å². The minimum atomic E-state index is -0.356. The van der Waals surface area contributed by atoms with Crippen LogP contribution in [-0.4, -0.2) is 28.5 Å². The minimum absolute atomic E-state index is 0.0600. The Kier molecular flexibility index (Phi) is 7.12. The summed E-state index contributed by atoms with van der Waals surface area (Å²) < 4.78 is 13.9. The minimum Gasteiger partial charge on any atom is -0.358 e. The molecule has 2 N–H and O–H groups in total. The molecule has 1 heterocycles. The van der Waals surface area contributed by atoms with Crippen molar-refractivity contribution < 1.29 is 9.18 Å². The van der Waals surface area contributed by atoms with Crippen LogP contribution >= 0.6 is 12.2 Å². The van der Waals surface area contributed by atoms with Gasteiger partial charge in [-0.05, 0) is 42.3 Å². The van der Waals surface area contributed by atoms with Crippen LogP contribution in [0.25, 0.3) is 0 Å². The Morgan fingerprint density at radius 2 is 1.56 bits per heavy atom. The lowest BCUT2D eigenvalue weighted by molar-refractivity contribution is -0.124. The van der Waals surface area contributed by atoms with Crippen LogP contribution in [0.15, 0.2) is 84.9 Å². The van der Waals surface area contributed by atoms with E-state index in [1.807, 2.05) is 65.6 Å². The lowest BCUT2D eigenvalue weighted by Crippen LogP contribution is -2.50. The van der Waals surface area contributed by atoms with Crippen LogP contribution in [0.3, 0.4) is 0 Å². The molecule has 6 heteroatoms. The maximum atomic E-state index is 13.9. The fraction of sp³-hybridized carbons (Fsp3) is 0.231. The first-order chi connectivity index (χ1) is 15.6. The molecule has 4 nitrogen and oxygen atoms in total. The summed E-state index contributed by atoms with van der Waals surface area (Å²) in [5, 5.41) is 6.83. The number of carbonyl (C=O) groups excluding carboxylic acids is 1. The van der Waals surface area contributed by atoms with E-state index in [9.17, 15) is 9.18 Å². The van der Waals surface area contributed by atoms with Crippen molar-refractivity contribution in [1.82, 2.24) is 15.5 Å². The van der Waals surface area contributed by atoms with Crippen molar-refractivity contribution in [2.24, 2.45) is 0 Å². The largest absolute Gasteiger partial charge is 0.358 e. The number of amides is 1. The number of nitrogens with one attached hydrogen (secondary N) is 2. The number of hydrogen-bond acceptors (Lipinski definition) is 2. The maximum Gasteiger partial charge on any atom is 0.243 e. The molecule has 1 aliphatic rings. The molecule has 0 radical (unpaired) electrons. The Bertz CT molecular complexity index is 1020. The second kappa shape index (κ2) is 10.4. The van der Waals surface area contributed by atoms with Crippen molar-refractivity contribution in [3.05, 3.63) is 107 Å². The first kappa shape index (κ1) is 22.0. The molecule has 0 unspecified atom stereocenters. The Morgan fingerprint density at radius 3 is 2.19 bits per heavy atom. The normalized spacial score (nSPS) is 15.6. The molecule has 0 bridgehead atoms. The number of carbonyl (C=O) groups is 1. The zero-order chi connectivity index (χ0) is 22.3. The monoisotopic (exact) mass is 447 g/mol. The molecule has 0 saturated carbocycles. The zero-order valence-electron chi connectivity index (χ0n) is 17.7. The smallest absolute Gasteiger partial charge is 0.243 e. The topological polar surface area (TPSA) is 44.4 Å². The molecule has 1 atom stereocenters. The molecule has 0 aromatic heterocycles. The van der Waals surface area contributed by atoms with Gasteiger partial charge in [-0.2, -0.15) is 0 Å². The highest BCUT2D eigenvalue weighted by atomic mass is 32.1. The highest BCUT2D eigenvalue weighted by Gasteiger charge is 2.33. The molecule has 0 spiro atoms. The summed E-state index contributed by atoms with van der Waals surface area (Å²) in [5.41, 5.74) is 2.59. The van der Waals surface area contributed by atoms with E-state index in [-0.39, 0.29) is 30.4 Å². The molecular formula is C26H26FN3OS. The van der Waals surface area contributed by atoms with E-state index in [4.69, 9.17) is 12.2 Å². The molecule has 1 amide bonds. The molecule has 1 aliphatic heterocycles. The summed E-state index contributed by atoms with van der Waals surface area (Å²) in [5.74, 6) is -0.331. The summed E-state index contributed by atoms with van der Waals surface area (Å²) in [4.78, 5) is 15.3. The highest BCUT2D eigenvalue weighted by Crippen LogP contribution is 2.24. The zero-order valence-corrected chi connectivity index (χ0v) is 18.5. The fourth-order valence-corrected chi connectivity index (χ4v) is 4.38. The summed E-state index contributed by atoms with van der Waals surface area (Å²) in [6.45, 7) is 0.982. The van der Waals surface area contributed by atoms with Crippen LogP contribution < -0.4 is 10.6 Å². The van der Waals surface area contributed by atoms with Crippen LogP contribution in [0.4, 0.5) is 4.39 Å². The number of hydrogen-bond donors (Lipinski definition) is 2. The standard InChI is InChI=1S/C26H26FN3OS/c27-22-15-8-7-14-21(22)18-28-26(32)30-17-9-16-23(30)25(31)29-24(19-10-3-1-4-11-19)20-12-5-2-6-13-20/h1-8,10-15,23-24H,9,16-18H2,(H,28,32)(H,29,31)/t23-/m0/s1. The first-order valence-corrected chi connectivity index (χ1v) is 11.2. The van der Waals surface area contributed by atoms with Crippen molar-refractivity contribution >= 4 is 23.2 Å². The predicted octanol–water partition coefficient (Wildman–Crippen LogP) is 4.57. The number of likely N-dealkylation sites (tertiary alicyclic amines) is 1. The van der Waals surface area contributed by atoms with Crippen LogP contribution in [0.2, 0.25) is 0 Å².